The van der Waals surface area contributed by atoms with Crippen molar-refractivity contribution < 1.29 is 0 Å². The molecule has 110 valence electrons. The topological polar surface area (TPSA) is 93.4 Å². The second-order valence-electron chi connectivity index (χ2n) is 5.54. The minimum absolute atomic E-state index is 0.437. The van der Waals surface area contributed by atoms with Crippen molar-refractivity contribution in [1.82, 2.24) is 14.9 Å². The summed E-state index contributed by atoms with van der Waals surface area (Å²) >= 11 is 0. The minimum atomic E-state index is 0.437. The number of allylic oxidation sites excluding steroid dienone is 3. The number of nitrogen functional groups attached to an aromatic ring is 1. The number of aliphatic imine (C=N–C) groups is 1. The summed E-state index contributed by atoms with van der Waals surface area (Å²) in [4.78, 5) is 14.9. The summed E-state index contributed by atoms with van der Waals surface area (Å²) in [5.41, 5.74) is 12.5. The molecule has 0 bridgehead atoms. The molecule has 2 unspecified atom stereocenters. The van der Waals surface area contributed by atoms with Crippen molar-refractivity contribution in [3.05, 3.63) is 36.4 Å². The highest BCUT2D eigenvalue weighted by atomic mass is 15.3. The summed E-state index contributed by atoms with van der Waals surface area (Å²) < 4.78 is 0. The van der Waals surface area contributed by atoms with Crippen LogP contribution in [0, 0.1) is 11.8 Å². The smallest absolute Gasteiger partial charge is 0.195 e. The van der Waals surface area contributed by atoms with Crippen molar-refractivity contribution in [2.24, 2.45) is 22.6 Å². The molecule has 2 atom stereocenters. The van der Waals surface area contributed by atoms with Crippen LogP contribution in [0.1, 0.15) is 19.2 Å². The third kappa shape index (κ3) is 3.04. The monoisotopic (exact) mass is 284 g/mol. The maximum atomic E-state index is 6.06. The Morgan fingerprint density at radius 2 is 2.19 bits per heavy atom. The van der Waals surface area contributed by atoms with Crippen molar-refractivity contribution in [3.63, 3.8) is 0 Å². The maximum Gasteiger partial charge on any atom is 0.195 e. The Morgan fingerprint density at radius 3 is 2.86 bits per heavy atom. The summed E-state index contributed by atoms with van der Waals surface area (Å²) in [7, 11) is 0. The van der Waals surface area contributed by atoms with Crippen LogP contribution >= 0.6 is 0 Å². The molecule has 2 fully saturated rings. The van der Waals surface area contributed by atoms with Crippen LogP contribution in [0.25, 0.3) is 5.57 Å². The number of hydrogen-bond donors (Lipinski definition) is 2. The first-order chi connectivity index (χ1) is 10.2. The van der Waals surface area contributed by atoms with Gasteiger partial charge in [0.1, 0.15) is 5.82 Å². The van der Waals surface area contributed by atoms with Crippen LogP contribution in [0.3, 0.4) is 0 Å². The van der Waals surface area contributed by atoms with E-state index in [9.17, 15) is 0 Å². The fraction of sp³-hybridized carbons (Fsp3) is 0.400. The first-order valence-electron chi connectivity index (χ1n) is 7.17. The lowest BCUT2D eigenvalue weighted by Crippen LogP contribution is -2.36. The Kier molecular flexibility index (Phi) is 3.60. The highest BCUT2D eigenvalue weighted by Crippen LogP contribution is 2.44. The van der Waals surface area contributed by atoms with Gasteiger partial charge in [0.05, 0.1) is 0 Å². The van der Waals surface area contributed by atoms with E-state index in [1.165, 1.54) is 6.42 Å². The zero-order valence-electron chi connectivity index (χ0n) is 12.1. The Morgan fingerprint density at radius 1 is 1.43 bits per heavy atom. The molecule has 0 amide bonds. The number of fused-ring (bicyclic) bond motifs is 1. The second-order valence-corrected chi connectivity index (χ2v) is 5.54. The molecule has 6 heteroatoms. The molecule has 2 heterocycles. The third-order valence-corrected chi connectivity index (χ3v) is 3.92. The van der Waals surface area contributed by atoms with Crippen molar-refractivity contribution >= 4 is 17.4 Å². The van der Waals surface area contributed by atoms with Gasteiger partial charge in [0, 0.05) is 31.1 Å². The van der Waals surface area contributed by atoms with E-state index in [0.29, 0.717) is 17.6 Å². The molecule has 3 rings (SSSR count). The number of rotatable bonds is 3. The molecule has 0 spiro atoms. The largest absolute Gasteiger partial charge is 0.384 e. The Hall–Kier alpha value is -2.37. The fourth-order valence-electron chi connectivity index (χ4n) is 2.67. The number of nitrogens with two attached hydrogens (primary N) is 2. The number of piperidine rings is 1. The lowest BCUT2D eigenvalue weighted by Gasteiger charge is -2.17. The molecule has 2 aliphatic rings. The summed E-state index contributed by atoms with van der Waals surface area (Å²) in [6.07, 6.45) is 8.49. The molecular weight excluding hydrogens is 264 g/mol. The van der Waals surface area contributed by atoms with E-state index in [-0.39, 0.29) is 0 Å². The predicted octanol–water partition coefficient (Wildman–Crippen LogP) is 1.24. The van der Waals surface area contributed by atoms with Gasteiger partial charge in [-0.2, -0.15) is 0 Å². The Labute approximate surface area is 124 Å². The third-order valence-electron chi connectivity index (χ3n) is 3.92. The van der Waals surface area contributed by atoms with E-state index in [1.54, 1.807) is 18.5 Å². The van der Waals surface area contributed by atoms with Crippen molar-refractivity contribution in [1.29, 1.82) is 0 Å². The van der Waals surface area contributed by atoms with Gasteiger partial charge in [-0.05, 0) is 31.2 Å². The first kappa shape index (κ1) is 13.6. The van der Waals surface area contributed by atoms with Crippen molar-refractivity contribution in [2.75, 3.05) is 18.8 Å². The number of guanidine groups is 1. The fourth-order valence-corrected chi connectivity index (χ4v) is 2.67. The van der Waals surface area contributed by atoms with Gasteiger partial charge in [-0.1, -0.05) is 12.2 Å². The van der Waals surface area contributed by atoms with Gasteiger partial charge < -0.3 is 16.4 Å². The standard InChI is InChI=1S/C15H20N6/c1-2-3-10(14-18-5-4-13(16)20-14)7-19-15(17)21-8-11-6-12(11)9-21/h2-5,7,11-12H,6,8-9H2,1H3,(H2,17,19)(H2,16,18,20)/b3-2+,10-7+. The van der Waals surface area contributed by atoms with Gasteiger partial charge in [0.15, 0.2) is 11.8 Å². The molecule has 1 aliphatic heterocycles. The number of anilines is 1. The quantitative estimate of drug-likeness (QED) is 0.495. The SMILES string of the molecule is C/C=C/C(=C\N=C(/N)N1CC2CC2C1)c1nccc(N)n1. The Balaban J connectivity index is 1.79. The Bertz CT molecular complexity index is 608. The summed E-state index contributed by atoms with van der Waals surface area (Å²) in [5.74, 6) is 3.21. The van der Waals surface area contributed by atoms with E-state index in [1.807, 2.05) is 19.1 Å². The number of hydrogen-bond acceptors (Lipinski definition) is 4. The van der Waals surface area contributed by atoms with Crippen LogP contribution in [0.15, 0.2) is 35.6 Å². The highest BCUT2D eigenvalue weighted by Gasteiger charge is 2.45. The molecule has 1 saturated heterocycles. The maximum absolute atomic E-state index is 6.06. The van der Waals surface area contributed by atoms with Crippen molar-refractivity contribution in [3.8, 4) is 0 Å². The van der Waals surface area contributed by atoms with Gasteiger partial charge in [0.2, 0.25) is 0 Å². The number of likely N-dealkylation sites (tertiary alicyclic amines) is 1. The summed E-state index contributed by atoms with van der Waals surface area (Å²) in [6.45, 7) is 3.99. The molecule has 4 N–H and O–H groups in total. The first-order valence-corrected chi connectivity index (χ1v) is 7.17. The van der Waals surface area contributed by atoms with Gasteiger partial charge in [-0.25, -0.2) is 15.0 Å². The zero-order chi connectivity index (χ0) is 14.8. The van der Waals surface area contributed by atoms with Gasteiger partial charge in [-0.15, -0.1) is 0 Å². The van der Waals surface area contributed by atoms with Crippen molar-refractivity contribution in [2.45, 2.75) is 13.3 Å². The normalized spacial score (nSPS) is 25.5. The van der Waals surface area contributed by atoms with E-state index < -0.39 is 0 Å². The molecule has 1 aromatic rings. The zero-order valence-corrected chi connectivity index (χ0v) is 12.1. The average Bonchev–Trinajstić information content (AvgIpc) is 3.09. The van der Waals surface area contributed by atoms with Crippen LogP contribution in [0.4, 0.5) is 5.82 Å². The minimum Gasteiger partial charge on any atom is -0.384 e. The van der Waals surface area contributed by atoms with Crippen LogP contribution < -0.4 is 11.5 Å². The molecular formula is C15H20N6. The summed E-state index contributed by atoms with van der Waals surface area (Å²) in [5, 5.41) is 0. The molecule has 1 saturated carbocycles. The van der Waals surface area contributed by atoms with E-state index in [0.717, 1.165) is 30.5 Å². The average molecular weight is 284 g/mol. The van der Waals surface area contributed by atoms with Crippen LogP contribution in [-0.4, -0.2) is 33.9 Å². The lowest BCUT2D eigenvalue weighted by atomic mass is 10.2. The van der Waals surface area contributed by atoms with Gasteiger partial charge in [0.25, 0.3) is 0 Å². The van der Waals surface area contributed by atoms with E-state index >= 15 is 0 Å². The predicted molar refractivity (Wildman–Crippen MR) is 84.0 cm³/mol. The van der Waals surface area contributed by atoms with Crippen LogP contribution in [0.2, 0.25) is 0 Å². The highest BCUT2D eigenvalue weighted by molar-refractivity contribution is 5.81. The summed E-state index contributed by atoms with van der Waals surface area (Å²) in [6, 6.07) is 1.66. The van der Waals surface area contributed by atoms with E-state index in [4.69, 9.17) is 11.5 Å². The lowest BCUT2D eigenvalue weighted by molar-refractivity contribution is 0.456. The second kappa shape index (κ2) is 5.55. The number of nitrogens with zero attached hydrogens (tertiary/aromatic N) is 4. The van der Waals surface area contributed by atoms with Gasteiger partial charge >= 0.3 is 0 Å². The molecule has 0 radical (unpaired) electrons. The van der Waals surface area contributed by atoms with Gasteiger partial charge in [-0.3, -0.25) is 0 Å². The van der Waals surface area contributed by atoms with Crippen LogP contribution in [-0.2, 0) is 0 Å². The van der Waals surface area contributed by atoms with E-state index in [2.05, 4.69) is 19.9 Å². The molecule has 1 aromatic heterocycles. The molecule has 21 heavy (non-hydrogen) atoms. The number of aromatic nitrogens is 2. The molecule has 6 nitrogen and oxygen atoms in total. The molecule has 1 aliphatic carbocycles. The molecule has 0 aromatic carbocycles. The van der Waals surface area contributed by atoms with Crippen LogP contribution in [0.5, 0.6) is 0 Å².